The van der Waals surface area contributed by atoms with Gasteiger partial charge in [0.25, 0.3) is 0 Å². The van der Waals surface area contributed by atoms with Gasteiger partial charge in [0.15, 0.2) is 11.6 Å². The van der Waals surface area contributed by atoms with Gasteiger partial charge in [0.05, 0.1) is 30.5 Å². The van der Waals surface area contributed by atoms with Crippen LogP contribution in [0.4, 0.5) is 0 Å². The van der Waals surface area contributed by atoms with Gasteiger partial charge in [-0.2, -0.15) is 0 Å². The molecule has 0 aliphatic rings. The Morgan fingerprint density at radius 2 is 1.34 bits per heavy atom. The lowest BCUT2D eigenvalue weighted by Crippen LogP contribution is -2.09. The number of hydrogen-bond acceptors (Lipinski definition) is 4. The van der Waals surface area contributed by atoms with Crippen molar-refractivity contribution in [1.29, 1.82) is 0 Å². The maximum atomic E-state index is 13.9. The third kappa shape index (κ3) is 4.74. The number of nitrogens with zero attached hydrogens (tertiary/aromatic N) is 1. The summed E-state index contributed by atoms with van der Waals surface area (Å²) in [6, 6.07) is 32.9. The van der Waals surface area contributed by atoms with Crippen molar-refractivity contribution in [1.82, 2.24) is 4.57 Å². The summed E-state index contributed by atoms with van der Waals surface area (Å²) < 4.78 is 7.16. The molecular weight excluding hydrogens is 474 g/mol. The minimum absolute atomic E-state index is 0.0944. The largest absolute Gasteiger partial charge is 0.505 e. The highest BCUT2D eigenvalue weighted by atomic mass is 16.5. The molecule has 0 saturated heterocycles. The van der Waals surface area contributed by atoms with E-state index in [1.807, 2.05) is 72.2 Å². The van der Waals surface area contributed by atoms with Crippen molar-refractivity contribution in [3.63, 3.8) is 0 Å². The first-order valence-electron chi connectivity index (χ1n) is 12.3. The van der Waals surface area contributed by atoms with Crippen LogP contribution in [0.2, 0.25) is 0 Å². The summed E-state index contributed by atoms with van der Waals surface area (Å²) in [6.45, 7) is 1.99. The van der Waals surface area contributed by atoms with Gasteiger partial charge in [-0.15, -0.1) is 0 Å². The Bertz CT molecular complexity index is 1580. The maximum absolute atomic E-state index is 13.9. The minimum Gasteiger partial charge on any atom is -0.505 e. The molecule has 0 fully saturated rings. The standard InChI is InChI=1S/C33H27NO4/c1-22-13-15-24(16-14-22)31-30(32(36)25-11-7-4-8-12-25)33(37)28(21-29(35)23-9-5-3-6-10-23)34(31)26-17-19-27(38-2)20-18-26/h3-20,37H,21H2,1-2H3. The summed E-state index contributed by atoms with van der Waals surface area (Å²) in [6.07, 6.45) is -0.0944. The highest BCUT2D eigenvalue weighted by Gasteiger charge is 2.30. The monoisotopic (exact) mass is 501 g/mol. The van der Waals surface area contributed by atoms with E-state index in [9.17, 15) is 14.7 Å². The van der Waals surface area contributed by atoms with Crippen molar-refractivity contribution in [3.05, 3.63) is 137 Å². The zero-order valence-corrected chi connectivity index (χ0v) is 21.2. The quantitative estimate of drug-likeness (QED) is 0.237. The molecule has 188 valence electrons. The lowest BCUT2D eigenvalue weighted by atomic mass is 9.98. The van der Waals surface area contributed by atoms with Gasteiger partial charge in [-0.05, 0) is 36.8 Å². The third-order valence-corrected chi connectivity index (χ3v) is 6.58. The summed E-state index contributed by atoms with van der Waals surface area (Å²) in [5.41, 5.74) is 4.52. The Morgan fingerprint density at radius 3 is 1.92 bits per heavy atom. The first-order valence-corrected chi connectivity index (χ1v) is 12.3. The van der Waals surface area contributed by atoms with E-state index >= 15 is 0 Å². The van der Waals surface area contributed by atoms with E-state index in [1.54, 1.807) is 55.6 Å². The average Bonchev–Trinajstić information content (AvgIpc) is 3.25. The Morgan fingerprint density at radius 1 is 0.763 bits per heavy atom. The van der Waals surface area contributed by atoms with Gasteiger partial charge in [-0.1, -0.05) is 90.5 Å². The molecule has 0 unspecified atom stereocenters. The summed E-state index contributed by atoms with van der Waals surface area (Å²) in [5.74, 6) is -0.0132. The van der Waals surface area contributed by atoms with E-state index in [0.717, 1.165) is 11.1 Å². The van der Waals surface area contributed by atoms with Crippen LogP contribution >= 0.6 is 0 Å². The molecule has 1 aromatic heterocycles. The van der Waals surface area contributed by atoms with Crippen LogP contribution in [0.25, 0.3) is 16.9 Å². The van der Waals surface area contributed by atoms with Crippen LogP contribution in [0.3, 0.4) is 0 Å². The van der Waals surface area contributed by atoms with Crippen LogP contribution in [0.5, 0.6) is 11.5 Å². The minimum atomic E-state index is -0.320. The molecular formula is C33H27NO4. The normalized spacial score (nSPS) is 10.8. The fourth-order valence-electron chi connectivity index (χ4n) is 4.60. The molecule has 5 rings (SSSR count). The molecule has 0 aliphatic heterocycles. The van der Waals surface area contributed by atoms with Crippen molar-refractivity contribution in [3.8, 4) is 28.4 Å². The zero-order valence-electron chi connectivity index (χ0n) is 21.2. The lowest BCUT2D eigenvalue weighted by molar-refractivity contribution is 0.0987. The van der Waals surface area contributed by atoms with Gasteiger partial charge in [-0.3, -0.25) is 9.59 Å². The first-order chi connectivity index (χ1) is 18.5. The number of rotatable bonds is 8. The number of carbonyl (C=O) groups is 2. The molecule has 0 saturated carbocycles. The number of methoxy groups -OCH3 is 1. The number of ketones is 2. The molecule has 0 amide bonds. The smallest absolute Gasteiger partial charge is 0.198 e. The van der Waals surface area contributed by atoms with Crippen molar-refractivity contribution >= 4 is 11.6 Å². The molecule has 0 radical (unpaired) electrons. The predicted octanol–water partition coefficient (Wildman–Crippen LogP) is 6.82. The van der Waals surface area contributed by atoms with Crippen molar-refractivity contribution in [2.24, 2.45) is 0 Å². The van der Waals surface area contributed by atoms with Gasteiger partial charge in [0.1, 0.15) is 11.5 Å². The molecule has 0 spiro atoms. The fraction of sp³-hybridized carbons (Fsp3) is 0.0909. The number of aromatic nitrogens is 1. The van der Waals surface area contributed by atoms with Crippen LogP contribution in [-0.2, 0) is 6.42 Å². The average molecular weight is 502 g/mol. The molecule has 1 heterocycles. The number of aromatic hydroxyl groups is 1. The SMILES string of the molecule is COc1ccc(-n2c(CC(=O)c3ccccc3)c(O)c(C(=O)c3ccccc3)c2-c2ccc(C)cc2)cc1. The molecule has 0 aliphatic carbocycles. The summed E-state index contributed by atoms with van der Waals surface area (Å²) in [4.78, 5) is 27.3. The van der Waals surface area contributed by atoms with E-state index in [0.29, 0.717) is 34.0 Å². The van der Waals surface area contributed by atoms with Crippen molar-refractivity contribution in [2.75, 3.05) is 7.11 Å². The highest BCUT2D eigenvalue weighted by molar-refractivity contribution is 6.15. The van der Waals surface area contributed by atoms with Crippen molar-refractivity contribution < 1.29 is 19.4 Å². The highest BCUT2D eigenvalue weighted by Crippen LogP contribution is 2.41. The lowest BCUT2D eigenvalue weighted by Gasteiger charge is -2.15. The van der Waals surface area contributed by atoms with Gasteiger partial charge < -0.3 is 14.4 Å². The van der Waals surface area contributed by atoms with Crippen LogP contribution in [0.1, 0.15) is 37.5 Å². The molecule has 5 nitrogen and oxygen atoms in total. The Labute approximate surface area is 221 Å². The van der Waals surface area contributed by atoms with Crippen LogP contribution in [0, 0.1) is 6.92 Å². The zero-order chi connectivity index (χ0) is 26.6. The van der Waals surface area contributed by atoms with E-state index in [4.69, 9.17) is 4.74 Å². The topological polar surface area (TPSA) is 68.5 Å². The molecule has 5 aromatic rings. The number of benzene rings is 4. The fourth-order valence-corrected chi connectivity index (χ4v) is 4.60. The number of Topliss-reactive ketones (excluding diaryl/α,β-unsaturated/α-hetero) is 1. The van der Waals surface area contributed by atoms with E-state index in [-0.39, 0.29) is 29.3 Å². The van der Waals surface area contributed by atoms with Gasteiger partial charge >= 0.3 is 0 Å². The Balaban J connectivity index is 1.79. The molecule has 5 heteroatoms. The van der Waals surface area contributed by atoms with E-state index < -0.39 is 0 Å². The van der Waals surface area contributed by atoms with E-state index in [1.165, 1.54) is 0 Å². The van der Waals surface area contributed by atoms with Gasteiger partial charge in [0, 0.05) is 16.8 Å². The van der Waals surface area contributed by atoms with Gasteiger partial charge in [0.2, 0.25) is 0 Å². The Kier molecular flexibility index (Phi) is 6.92. The molecule has 1 N–H and O–H groups in total. The van der Waals surface area contributed by atoms with E-state index in [2.05, 4.69) is 0 Å². The van der Waals surface area contributed by atoms with Crippen LogP contribution in [-0.4, -0.2) is 28.3 Å². The second-order valence-electron chi connectivity index (χ2n) is 9.08. The number of hydrogen-bond donors (Lipinski definition) is 1. The molecule has 0 bridgehead atoms. The summed E-state index contributed by atoms with van der Waals surface area (Å²) in [7, 11) is 1.59. The van der Waals surface area contributed by atoms with Crippen molar-refractivity contribution in [2.45, 2.75) is 13.3 Å². The number of aryl methyl sites for hydroxylation is 1. The van der Waals surface area contributed by atoms with Crippen LogP contribution in [0.15, 0.2) is 109 Å². The maximum Gasteiger partial charge on any atom is 0.198 e. The summed E-state index contributed by atoms with van der Waals surface area (Å²) in [5, 5.41) is 11.7. The second-order valence-corrected chi connectivity index (χ2v) is 9.08. The second kappa shape index (κ2) is 10.6. The van der Waals surface area contributed by atoms with Gasteiger partial charge in [-0.25, -0.2) is 0 Å². The number of carbonyl (C=O) groups excluding carboxylic acids is 2. The first kappa shape index (κ1) is 24.8. The molecule has 4 aromatic carbocycles. The van der Waals surface area contributed by atoms with Crippen LogP contribution < -0.4 is 4.74 Å². The molecule has 0 atom stereocenters. The Hall–Kier alpha value is -4.90. The third-order valence-electron chi connectivity index (χ3n) is 6.58. The molecule has 38 heavy (non-hydrogen) atoms. The number of ether oxygens (including phenoxy) is 1. The predicted molar refractivity (Wildman–Crippen MR) is 149 cm³/mol. The summed E-state index contributed by atoms with van der Waals surface area (Å²) >= 11 is 0.